The summed E-state index contributed by atoms with van der Waals surface area (Å²) >= 11 is 0. The molecule has 0 bridgehead atoms. The highest BCUT2D eigenvalue weighted by Crippen LogP contribution is 2.31. The average molecular weight is 503 g/mol. The van der Waals surface area contributed by atoms with Crippen LogP contribution in [0.4, 0.5) is 10.3 Å². The number of anilines is 1. The van der Waals surface area contributed by atoms with E-state index < -0.39 is 18.1 Å². The lowest BCUT2D eigenvalue weighted by Gasteiger charge is -2.27. The number of carbonyl (C=O) groups is 1. The molecule has 1 fully saturated rings. The van der Waals surface area contributed by atoms with Crippen LogP contribution >= 0.6 is 0 Å². The predicted octanol–water partition coefficient (Wildman–Crippen LogP) is 3.86. The van der Waals surface area contributed by atoms with Crippen LogP contribution in [0.5, 0.6) is 0 Å². The monoisotopic (exact) mass is 502 g/mol. The number of hydrogen-bond donors (Lipinski definition) is 3. The first-order valence-electron chi connectivity index (χ1n) is 12.0. The lowest BCUT2D eigenvalue weighted by atomic mass is 10.1. The highest BCUT2D eigenvalue weighted by Gasteiger charge is 2.27. The number of carbonyl (C=O) groups excluding carboxylic acids is 1. The summed E-state index contributed by atoms with van der Waals surface area (Å²) in [4.78, 5) is 28.6. The molecule has 2 aromatic carbocycles. The van der Waals surface area contributed by atoms with Crippen LogP contribution in [0.2, 0.25) is 0 Å². The first-order chi connectivity index (χ1) is 18.0. The molecular formula is C27H27FN6O3. The van der Waals surface area contributed by atoms with E-state index in [9.17, 15) is 9.18 Å². The van der Waals surface area contributed by atoms with Gasteiger partial charge in [0.25, 0.3) is 0 Å². The second kappa shape index (κ2) is 10.9. The third-order valence-electron chi connectivity index (χ3n) is 6.16. The summed E-state index contributed by atoms with van der Waals surface area (Å²) in [7, 11) is 0. The van der Waals surface area contributed by atoms with Crippen LogP contribution in [0.3, 0.4) is 0 Å². The highest BCUT2D eigenvalue weighted by molar-refractivity contribution is 5.77. The summed E-state index contributed by atoms with van der Waals surface area (Å²) in [6, 6.07) is 17.9. The van der Waals surface area contributed by atoms with Crippen molar-refractivity contribution in [2.75, 3.05) is 18.5 Å². The number of halogens is 1. The van der Waals surface area contributed by atoms with E-state index in [1.165, 1.54) is 12.1 Å². The van der Waals surface area contributed by atoms with Crippen molar-refractivity contribution >= 4 is 11.9 Å². The minimum Gasteiger partial charge on any atom is -0.369 e. The average Bonchev–Trinajstić information content (AvgIpc) is 3.34. The van der Waals surface area contributed by atoms with Gasteiger partial charge in [0.1, 0.15) is 11.6 Å². The number of amides is 1. The van der Waals surface area contributed by atoms with E-state index in [0.717, 1.165) is 11.1 Å². The third kappa shape index (κ3) is 5.82. The van der Waals surface area contributed by atoms with E-state index in [2.05, 4.69) is 15.3 Å². The first-order valence-corrected chi connectivity index (χ1v) is 12.0. The number of H-pyrrole nitrogens is 1. The molecule has 1 unspecified atom stereocenters. The van der Waals surface area contributed by atoms with Gasteiger partial charge in [-0.15, -0.1) is 0 Å². The Bertz CT molecular complexity index is 1350. The summed E-state index contributed by atoms with van der Waals surface area (Å²) in [6.07, 6.45) is 1.42. The molecule has 1 atom stereocenters. The molecule has 4 aromatic rings. The summed E-state index contributed by atoms with van der Waals surface area (Å²) in [5.74, 6) is -0.192. The summed E-state index contributed by atoms with van der Waals surface area (Å²) < 4.78 is 25.0. The van der Waals surface area contributed by atoms with Crippen molar-refractivity contribution in [3.8, 4) is 22.6 Å². The number of aromatic nitrogens is 4. The fraction of sp³-hybridized carbons (Fsp3) is 0.259. The topological polar surface area (TPSA) is 128 Å². The Hall–Kier alpha value is -4.15. The SMILES string of the molecule is CC(Nc1nccc(-c2[nH]c(CC3OCC(C(N)=O)CO3)nc2-c2ccc(F)cc2)n1)c1ccccc1. The number of aromatic amines is 1. The van der Waals surface area contributed by atoms with Crippen molar-refractivity contribution in [1.82, 2.24) is 19.9 Å². The van der Waals surface area contributed by atoms with Gasteiger partial charge in [0, 0.05) is 11.8 Å². The van der Waals surface area contributed by atoms with E-state index in [-0.39, 0.29) is 25.1 Å². The van der Waals surface area contributed by atoms with Crippen LogP contribution in [0.1, 0.15) is 24.4 Å². The molecule has 2 aromatic heterocycles. The Balaban J connectivity index is 1.42. The lowest BCUT2D eigenvalue weighted by molar-refractivity contribution is -0.199. The zero-order chi connectivity index (χ0) is 25.8. The third-order valence-corrected chi connectivity index (χ3v) is 6.16. The van der Waals surface area contributed by atoms with E-state index >= 15 is 0 Å². The minimum atomic E-state index is -0.579. The van der Waals surface area contributed by atoms with E-state index in [0.29, 0.717) is 35.3 Å². The van der Waals surface area contributed by atoms with Crippen LogP contribution in [-0.2, 0) is 20.7 Å². The number of hydrogen-bond acceptors (Lipinski definition) is 7. The smallest absolute Gasteiger partial charge is 0.225 e. The maximum atomic E-state index is 13.6. The highest BCUT2D eigenvalue weighted by atomic mass is 19.1. The molecule has 1 aliphatic heterocycles. The zero-order valence-corrected chi connectivity index (χ0v) is 20.2. The van der Waals surface area contributed by atoms with Crippen LogP contribution in [-0.4, -0.2) is 45.3 Å². The molecule has 1 saturated heterocycles. The molecule has 1 amide bonds. The summed E-state index contributed by atoms with van der Waals surface area (Å²) in [5, 5.41) is 3.34. The van der Waals surface area contributed by atoms with Crippen molar-refractivity contribution in [1.29, 1.82) is 0 Å². The van der Waals surface area contributed by atoms with Gasteiger partial charge in [-0.1, -0.05) is 30.3 Å². The Morgan fingerprint density at radius 3 is 2.54 bits per heavy atom. The molecule has 0 radical (unpaired) electrons. The number of imidazole rings is 1. The first kappa shape index (κ1) is 24.5. The molecule has 0 spiro atoms. The zero-order valence-electron chi connectivity index (χ0n) is 20.2. The molecular weight excluding hydrogens is 475 g/mol. The number of ether oxygens (including phenoxy) is 2. The van der Waals surface area contributed by atoms with Crippen LogP contribution in [0.15, 0.2) is 66.9 Å². The lowest BCUT2D eigenvalue weighted by Crippen LogP contribution is -2.40. The maximum absolute atomic E-state index is 13.6. The Kier molecular flexibility index (Phi) is 7.20. The van der Waals surface area contributed by atoms with Gasteiger partial charge in [-0.2, -0.15) is 0 Å². The molecule has 1 aliphatic rings. The molecule has 0 aliphatic carbocycles. The number of primary amides is 1. The fourth-order valence-corrected chi connectivity index (χ4v) is 4.09. The number of nitrogens with zero attached hydrogens (tertiary/aromatic N) is 3. The van der Waals surface area contributed by atoms with E-state index in [1.54, 1.807) is 24.4 Å². The van der Waals surface area contributed by atoms with Gasteiger partial charge in [0.05, 0.1) is 48.7 Å². The second-order valence-corrected chi connectivity index (χ2v) is 8.86. The predicted molar refractivity (Wildman–Crippen MR) is 136 cm³/mol. The fourth-order valence-electron chi connectivity index (χ4n) is 4.09. The number of nitrogens with one attached hydrogen (secondary N) is 2. The summed E-state index contributed by atoms with van der Waals surface area (Å²) in [5.41, 5.74) is 9.07. The Morgan fingerprint density at radius 2 is 1.84 bits per heavy atom. The molecule has 37 heavy (non-hydrogen) atoms. The number of rotatable bonds is 8. The van der Waals surface area contributed by atoms with Crippen LogP contribution < -0.4 is 11.1 Å². The molecule has 10 heteroatoms. The second-order valence-electron chi connectivity index (χ2n) is 8.86. The van der Waals surface area contributed by atoms with Gasteiger partial charge in [0.2, 0.25) is 11.9 Å². The number of benzene rings is 2. The van der Waals surface area contributed by atoms with Crippen molar-refractivity contribution < 1.29 is 18.7 Å². The molecule has 5 rings (SSSR count). The van der Waals surface area contributed by atoms with Crippen LogP contribution in [0, 0.1) is 11.7 Å². The quantitative estimate of drug-likeness (QED) is 0.334. The number of nitrogens with two attached hydrogens (primary N) is 1. The van der Waals surface area contributed by atoms with Gasteiger partial charge in [0.15, 0.2) is 6.29 Å². The van der Waals surface area contributed by atoms with E-state index in [1.807, 2.05) is 37.3 Å². The van der Waals surface area contributed by atoms with Crippen molar-refractivity contribution in [2.24, 2.45) is 11.7 Å². The van der Waals surface area contributed by atoms with Crippen molar-refractivity contribution in [3.05, 3.63) is 84.1 Å². The largest absolute Gasteiger partial charge is 0.369 e. The van der Waals surface area contributed by atoms with Gasteiger partial charge in [-0.25, -0.2) is 19.3 Å². The Labute approximate surface area is 213 Å². The molecule has 9 nitrogen and oxygen atoms in total. The standard InChI is InChI=1S/C27H27FN6O3/c1-16(17-5-3-2-4-6-17)31-27-30-12-11-21(32-27)25-24(18-7-9-20(28)10-8-18)33-22(34-25)13-23-36-14-19(15-37-23)26(29)35/h2-12,16,19,23H,13-15H2,1H3,(H2,29,35)(H,33,34)(H,30,31,32). The minimum absolute atomic E-state index is 0.00447. The van der Waals surface area contributed by atoms with Gasteiger partial charge >= 0.3 is 0 Å². The normalized spacial score (nSPS) is 18.3. The maximum Gasteiger partial charge on any atom is 0.225 e. The Morgan fingerprint density at radius 1 is 1.11 bits per heavy atom. The van der Waals surface area contributed by atoms with Crippen LogP contribution in [0.25, 0.3) is 22.6 Å². The molecule has 190 valence electrons. The molecule has 3 heterocycles. The van der Waals surface area contributed by atoms with Gasteiger partial charge in [-0.05, 0) is 42.8 Å². The van der Waals surface area contributed by atoms with Gasteiger partial charge < -0.3 is 25.5 Å². The van der Waals surface area contributed by atoms with E-state index in [4.69, 9.17) is 25.2 Å². The van der Waals surface area contributed by atoms with Crippen molar-refractivity contribution in [3.63, 3.8) is 0 Å². The summed E-state index contributed by atoms with van der Waals surface area (Å²) in [6.45, 7) is 2.43. The molecule has 4 N–H and O–H groups in total. The molecule has 0 saturated carbocycles. The van der Waals surface area contributed by atoms with Gasteiger partial charge in [-0.3, -0.25) is 4.79 Å². The van der Waals surface area contributed by atoms with Crippen molar-refractivity contribution in [2.45, 2.75) is 25.7 Å².